The van der Waals surface area contributed by atoms with Crippen LogP contribution < -0.4 is 76.0 Å². The van der Waals surface area contributed by atoms with Gasteiger partial charge in [-0.25, -0.2) is 33.0 Å². The number of pyridine rings is 1. The van der Waals surface area contributed by atoms with Crippen LogP contribution in [0.3, 0.4) is 0 Å². The van der Waals surface area contributed by atoms with Crippen molar-refractivity contribution in [1.29, 1.82) is 0 Å². The number of thiophene rings is 1. The smallest absolute Gasteiger partial charge is 0.480 e. The van der Waals surface area contributed by atoms with E-state index >= 15 is 0 Å². The summed E-state index contributed by atoms with van der Waals surface area (Å²) < 4.78 is 121. The molecule has 8 rings (SSSR count). The fourth-order valence-electron chi connectivity index (χ4n) is 8.04. The number of fused-ring (bicyclic) bond motifs is 1. The number of amides is 2. The number of nitrogens with one attached hydrogen (secondary N) is 3. The number of aromatic nitrogens is 3. The molecule has 35 heteroatoms. The molecular formula is C51H84B2BrClF6KN9O13S2. The van der Waals surface area contributed by atoms with E-state index in [0.717, 1.165) is 34.0 Å². The van der Waals surface area contributed by atoms with E-state index < -0.39 is 58.6 Å². The number of rotatable bonds is 13. The summed E-state index contributed by atoms with van der Waals surface area (Å²) in [6, 6.07) is 1.67. The molecule has 86 heavy (non-hydrogen) atoms. The second-order valence-electron chi connectivity index (χ2n) is 24.0. The minimum atomic E-state index is -4.72. The van der Waals surface area contributed by atoms with Crippen LogP contribution in [-0.2, 0) is 33.8 Å². The molecule has 8 heterocycles. The van der Waals surface area contributed by atoms with Crippen molar-refractivity contribution in [2.45, 2.75) is 105 Å². The zero-order valence-electron chi connectivity index (χ0n) is 51.6. The molecule has 0 unspecified atom stereocenters. The van der Waals surface area contributed by atoms with Crippen LogP contribution in [0.2, 0.25) is 0 Å². The number of quaternary nitrogens is 1. The van der Waals surface area contributed by atoms with Crippen LogP contribution >= 0.6 is 38.9 Å². The minimum absolute atomic E-state index is 0. The SMILES string of the molecule is CC(C)(O)C1CNC1.CC(C)(O)C1C[NH+](C[B-](F)(F)F)C1.CC(C)OC(=O)N1CC(C(C)(C)O)C1.COC(=O)C1CN(C(=O)OC(C)(C)C)C1.COc1ncc(-c2nc(N3CCOCC3)nc3c(Br)csc23)cc1NS(C)(=O)=O.F[B-](F)(F)CCl.[K+]. The number of carbonyl (C=O) groups is 3. The summed E-state index contributed by atoms with van der Waals surface area (Å²) in [7, 11) is -0.721. The van der Waals surface area contributed by atoms with Gasteiger partial charge >= 0.3 is 83.5 Å². The molecule has 5 fully saturated rings. The molecule has 0 bridgehead atoms. The first-order chi connectivity index (χ1) is 38.8. The van der Waals surface area contributed by atoms with Crippen molar-refractivity contribution in [1.82, 2.24) is 30.1 Å². The summed E-state index contributed by atoms with van der Waals surface area (Å²) in [6.07, 6.45) is 1.25. The number of likely N-dealkylation sites (tertiary alicyclic amines) is 3. The Morgan fingerprint density at radius 3 is 1.80 bits per heavy atom. The monoisotopic (exact) mass is 1380 g/mol. The molecule has 486 valence electrons. The Hall–Kier alpha value is -2.57. The Morgan fingerprint density at radius 2 is 1.40 bits per heavy atom. The van der Waals surface area contributed by atoms with Gasteiger partial charge in [0, 0.05) is 81.3 Å². The molecule has 0 spiro atoms. The van der Waals surface area contributed by atoms with Crippen LogP contribution in [0.25, 0.3) is 21.5 Å². The Balaban J connectivity index is 0.000000380. The number of sulfonamides is 1. The third-order valence-corrected chi connectivity index (χ3v) is 16.2. The minimum Gasteiger partial charge on any atom is -0.480 e. The normalized spacial score (nSPS) is 18.5. The Bertz CT molecular complexity index is 2750. The van der Waals surface area contributed by atoms with Crippen molar-refractivity contribution < 1.29 is 144 Å². The van der Waals surface area contributed by atoms with Crippen molar-refractivity contribution in [2.75, 3.05) is 121 Å². The van der Waals surface area contributed by atoms with Gasteiger partial charge < -0.3 is 89.8 Å². The van der Waals surface area contributed by atoms with E-state index in [1.54, 1.807) is 44.9 Å². The van der Waals surface area contributed by atoms with Crippen molar-refractivity contribution in [3.05, 3.63) is 22.1 Å². The number of methoxy groups -OCH3 is 2. The standard InChI is InChI=1S/C17H18BrN5O4S2.C10H17NO4.C10H19NO3.C7H14BF3NO.C6H13NO.CH2BClF3.K/c1-26-16-12(22-29(2,24)25)7-10(8-19-16)13-15-14(11(18)9-28-15)21-17(20-13)23-3-5-27-6-4-23;1-10(2,3)15-9(13)11-5-7(6-11)8(12)14-4;1-7(2)14-9(12)11-5-8(6-11)10(3,4)13;1-7(2,13)6-3-12(4-6)5-8(9,10)11;1-6(2,8)5-3-7-4-5;3-1-2(4,5)6;/h7-9,22H,3-6H2,1-2H3;7H,5-6H2,1-4H3;7-8,13H,5-6H2,1-4H3;6,13H,3-5H2,1-2H3;5,7-8H,3-4H2,1-2H3;1H2;/q;;;-1;;-1;+1/p+1. The van der Waals surface area contributed by atoms with Gasteiger partial charge in [0.25, 0.3) is 0 Å². The number of ether oxygens (including phenoxy) is 5. The molecule has 0 atom stereocenters. The number of nitrogens with zero attached hydrogens (tertiary/aromatic N) is 6. The van der Waals surface area contributed by atoms with Gasteiger partial charge in [-0.15, -0.1) is 11.3 Å². The van der Waals surface area contributed by atoms with Gasteiger partial charge in [-0.3, -0.25) is 9.52 Å². The maximum atomic E-state index is 11.9. The van der Waals surface area contributed by atoms with Crippen LogP contribution in [0, 0.1) is 23.7 Å². The third kappa shape index (κ3) is 27.9. The second kappa shape index (κ2) is 33.7. The van der Waals surface area contributed by atoms with Gasteiger partial charge in [-0.2, -0.15) is 11.6 Å². The summed E-state index contributed by atoms with van der Waals surface area (Å²) in [4.78, 5) is 53.3. The number of hydrogen-bond acceptors (Lipinski definition) is 19. The molecule has 3 aromatic heterocycles. The molecule has 5 aliphatic heterocycles. The molecule has 0 radical (unpaired) electrons. The molecule has 3 aromatic rings. The zero-order chi connectivity index (χ0) is 64.8. The molecule has 5 saturated heterocycles. The van der Waals surface area contributed by atoms with Crippen molar-refractivity contribution in [3.8, 4) is 17.1 Å². The largest absolute Gasteiger partial charge is 1.00 e. The number of halogens is 8. The first-order valence-corrected chi connectivity index (χ1v) is 31.4. The fraction of sp³-hybridized carbons (Fsp3) is 0.725. The first-order valence-electron chi connectivity index (χ1n) is 27.3. The Morgan fingerprint density at radius 1 is 0.872 bits per heavy atom. The van der Waals surface area contributed by atoms with Gasteiger partial charge in [-0.05, 0) is 104 Å². The van der Waals surface area contributed by atoms with Crippen LogP contribution in [0.4, 0.5) is 47.1 Å². The molecule has 5 aliphatic rings. The Labute approximate surface area is 560 Å². The maximum absolute atomic E-state index is 11.9. The van der Waals surface area contributed by atoms with E-state index in [9.17, 15) is 64.0 Å². The van der Waals surface area contributed by atoms with Crippen LogP contribution in [0.15, 0.2) is 22.1 Å². The number of anilines is 2. The van der Waals surface area contributed by atoms with Crippen LogP contribution in [0.5, 0.6) is 5.88 Å². The van der Waals surface area contributed by atoms with Crippen molar-refractivity contribution >= 4 is 103 Å². The van der Waals surface area contributed by atoms with E-state index in [4.69, 9.17) is 28.9 Å². The first kappa shape index (κ1) is 79.5. The second-order valence-corrected chi connectivity index (χ2v) is 27.8. The zero-order valence-corrected chi connectivity index (χ0v) is 58.7. The topological polar surface area (TPSA) is 269 Å². The molecule has 6 N–H and O–H groups in total. The number of esters is 1. The summed E-state index contributed by atoms with van der Waals surface area (Å²) in [6.45, 7) is 17.7. The van der Waals surface area contributed by atoms with Gasteiger partial charge in [0.2, 0.25) is 21.9 Å². The molecule has 22 nitrogen and oxygen atoms in total. The van der Waals surface area contributed by atoms with Gasteiger partial charge in [0.1, 0.15) is 16.8 Å². The summed E-state index contributed by atoms with van der Waals surface area (Å²) in [5, 5.41) is 33.5. The predicted octanol–water partition coefficient (Wildman–Crippen LogP) is 3.24. The molecule has 0 aliphatic carbocycles. The number of carbonyl (C=O) groups excluding carboxylic acids is 3. The summed E-state index contributed by atoms with van der Waals surface area (Å²) in [5.41, 5.74) is -0.0973. The summed E-state index contributed by atoms with van der Waals surface area (Å²) >= 11 is 9.45. The van der Waals surface area contributed by atoms with E-state index in [-0.39, 0.29) is 105 Å². The molecule has 0 aromatic carbocycles. The quantitative estimate of drug-likeness (QED) is 0.0472. The maximum Gasteiger partial charge on any atom is 1.00 e. The Kier molecular flexibility index (Phi) is 31.1. The van der Waals surface area contributed by atoms with E-state index in [1.165, 1.54) is 30.5 Å². The predicted molar refractivity (Wildman–Crippen MR) is 320 cm³/mol. The van der Waals surface area contributed by atoms with Gasteiger partial charge in [-0.1, -0.05) is 0 Å². The number of hydrogen-bond donors (Lipinski definition) is 6. The number of alkyl halides is 1. The van der Waals surface area contributed by atoms with E-state index in [1.807, 2.05) is 53.8 Å². The molecule has 2 amide bonds. The number of aliphatic hydroxyl groups is 3. The van der Waals surface area contributed by atoms with Crippen LogP contribution in [-0.4, -0.2) is 220 Å². The van der Waals surface area contributed by atoms with Gasteiger partial charge in [0.05, 0.1) is 103 Å². The fourth-order valence-corrected chi connectivity index (χ4v) is 10.2. The van der Waals surface area contributed by atoms with Crippen molar-refractivity contribution in [3.63, 3.8) is 0 Å². The van der Waals surface area contributed by atoms with E-state index in [0.29, 0.717) is 93.6 Å². The van der Waals surface area contributed by atoms with E-state index in [2.05, 4.69) is 52.2 Å². The number of morpholine rings is 1. The van der Waals surface area contributed by atoms with Crippen molar-refractivity contribution in [2.24, 2.45) is 23.7 Å². The van der Waals surface area contributed by atoms with Crippen LogP contribution in [0.1, 0.15) is 76.2 Å². The average molecular weight is 1390 g/mol. The summed E-state index contributed by atoms with van der Waals surface area (Å²) in [5.74, 6) is -0.212. The van der Waals surface area contributed by atoms with Gasteiger partial charge in [0.15, 0.2) is 0 Å². The average Bonchev–Trinajstić information content (AvgIpc) is 1.64. The molecule has 0 saturated carbocycles. The molecular weight excluding hydrogens is 1300 g/mol. The third-order valence-electron chi connectivity index (χ3n) is 13.4.